The first kappa shape index (κ1) is 14.0. The van der Waals surface area contributed by atoms with Gasteiger partial charge < -0.3 is 5.32 Å². The summed E-state index contributed by atoms with van der Waals surface area (Å²) in [5, 5.41) is 2.62. The Morgan fingerprint density at radius 3 is 2.74 bits per heavy atom. The van der Waals surface area contributed by atoms with Gasteiger partial charge in [0.25, 0.3) is 0 Å². The molecular formula is C13H14BrFN2O2. The molecule has 1 fully saturated rings. The van der Waals surface area contributed by atoms with Crippen LogP contribution in [-0.2, 0) is 9.59 Å². The Labute approximate surface area is 119 Å². The third kappa shape index (κ3) is 2.49. The molecule has 4 nitrogen and oxygen atoms in total. The molecule has 0 spiro atoms. The van der Waals surface area contributed by atoms with Gasteiger partial charge in [-0.25, -0.2) is 4.39 Å². The van der Waals surface area contributed by atoms with Crippen molar-refractivity contribution in [1.82, 2.24) is 5.32 Å². The largest absolute Gasteiger partial charge is 0.343 e. The molecule has 19 heavy (non-hydrogen) atoms. The molecule has 102 valence electrons. The fourth-order valence-electron chi connectivity index (χ4n) is 2.18. The first-order valence-corrected chi connectivity index (χ1v) is 6.83. The summed E-state index contributed by atoms with van der Waals surface area (Å²) < 4.78 is 14.0. The predicted octanol–water partition coefficient (Wildman–Crippen LogP) is 2.22. The highest BCUT2D eigenvalue weighted by atomic mass is 79.9. The van der Waals surface area contributed by atoms with E-state index < -0.39 is 17.9 Å². The van der Waals surface area contributed by atoms with Crippen LogP contribution in [0.5, 0.6) is 0 Å². The maximum Gasteiger partial charge on any atom is 0.250 e. The van der Waals surface area contributed by atoms with Crippen molar-refractivity contribution >= 4 is 33.4 Å². The number of nitrogens with one attached hydrogen (secondary N) is 1. The lowest BCUT2D eigenvalue weighted by Gasteiger charge is -2.37. The lowest BCUT2D eigenvalue weighted by atomic mass is 10.0. The summed E-state index contributed by atoms with van der Waals surface area (Å²) in [4.78, 5) is 25.6. The van der Waals surface area contributed by atoms with Crippen LogP contribution in [0.1, 0.15) is 20.3 Å². The number of carbonyl (C=O) groups excluding carboxylic acids is 2. The standard InChI is InChI=1S/C13H14BrFN2O2/c1-3-10-12(18)16-7(2)13(19)17(10)11-6-8(15)4-5-9(11)14/h4-7,10H,3H2,1-2H3,(H,16,18). The highest BCUT2D eigenvalue weighted by Crippen LogP contribution is 2.31. The van der Waals surface area contributed by atoms with Crippen molar-refractivity contribution < 1.29 is 14.0 Å². The molecule has 1 saturated heterocycles. The van der Waals surface area contributed by atoms with Crippen molar-refractivity contribution in [3.63, 3.8) is 0 Å². The van der Waals surface area contributed by atoms with E-state index in [0.717, 1.165) is 0 Å². The molecule has 2 amide bonds. The van der Waals surface area contributed by atoms with Gasteiger partial charge in [0.15, 0.2) is 0 Å². The number of anilines is 1. The lowest BCUT2D eigenvalue weighted by Crippen LogP contribution is -2.62. The summed E-state index contributed by atoms with van der Waals surface area (Å²) in [6.45, 7) is 3.43. The molecule has 0 radical (unpaired) electrons. The van der Waals surface area contributed by atoms with E-state index in [9.17, 15) is 14.0 Å². The SMILES string of the molecule is CCC1C(=O)NC(C)C(=O)N1c1cc(F)ccc1Br. The van der Waals surface area contributed by atoms with E-state index >= 15 is 0 Å². The van der Waals surface area contributed by atoms with Crippen molar-refractivity contribution in [2.75, 3.05) is 4.90 Å². The molecule has 2 rings (SSSR count). The maximum absolute atomic E-state index is 13.4. The van der Waals surface area contributed by atoms with Crippen molar-refractivity contribution in [2.45, 2.75) is 32.4 Å². The quantitative estimate of drug-likeness (QED) is 0.904. The van der Waals surface area contributed by atoms with E-state index in [2.05, 4.69) is 21.2 Å². The van der Waals surface area contributed by atoms with Gasteiger partial charge in [0.05, 0.1) is 5.69 Å². The minimum absolute atomic E-state index is 0.217. The van der Waals surface area contributed by atoms with Gasteiger partial charge in [-0.05, 0) is 47.5 Å². The van der Waals surface area contributed by atoms with Crippen molar-refractivity contribution in [3.05, 3.63) is 28.5 Å². The average Bonchev–Trinajstić information content (AvgIpc) is 2.36. The third-order valence-corrected chi connectivity index (χ3v) is 3.81. The number of rotatable bonds is 2. The van der Waals surface area contributed by atoms with Crippen molar-refractivity contribution in [1.29, 1.82) is 0 Å². The van der Waals surface area contributed by atoms with Gasteiger partial charge in [0.1, 0.15) is 17.9 Å². The van der Waals surface area contributed by atoms with Crippen molar-refractivity contribution in [2.24, 2.45) is 0 Å². The molecular weight excluding hydrogens is 315 g/mol. The number of hydrogen-bond donors (Lipinski definition) is 1. The summed E-state index contributed by atoms with van der Waals surface area (Å²) in [6, 6.07) is 2.87. The maximum atomic E-state index is 13.4. The summed E-state index contributed by atoms with van der Waals surface area (Å²) in [5.41, 5.74) is 0.388. The van der Waals surface area contributed by atoms with Gasteiger partial charge in [-0.15, -0.1) is 0 Å². The molecule has 1 aromatic carbocycles. The van der Waals surface area contributed by atoms with E-state index in [-0.39, 0.29) is 11.8 Å². The van der Waals surface area contributed by atoms with Gasteiger partial charge >= 0.3 is 0 Å². The molecule has 1 aliphatic rings. The van der Waals surface area contributed by atoms with Crippen LogP contribution in [0.3, 0.4) is 0 Å². The fraction of sp³-hybridized carbons (Fsp3) is 0.385. The van der Waals surface area contributed by atoms with E-state index in [0.29, 0.717) is 16.6 Å². The Morgan fingerprint density at radius 2 is 2.11 bits per heavy atom. The zero-order valence-electron chi connectivity index (χ0n) is 10.6. The van der Waals surface area contributed by atoms with Crippen LogP contribution in [0, 0.1) is 5.82 Å². The summed E-state index contributed by atoms with van der Waals surface area (Å²) in [6.07, 6.45) is 0.466. The van der Waals surface area contributed by atoms with E-state index in [1.54, 1.807) is 6.92 Å². The molecule has 2 atom stereocenters. The third-order valence-electron chi connectivity index (χ3n) is 3.14. The number of amides is 2. The van der Waals surface area contributed by atoms with Crippen molar-refractivity contribution in [3.8, 4) is 0 Å². The summed E-state index contributed by atoms with van der Waals surface area (Å²) >= 11 is 3.30. The second-order valence-electron chi connectivity index (χ2n) is 4.46. The Morgan fingerprint density at radius 1 is 1.42 bits per heavy atom. The summed E-state index contributed by atoms with van der Waals surface area (Å²) in [7, 11) is 0. The van der Waals surface area contributed by atoms with Gasteiger partial charge in [0, 0.05) is 4.47 Å². The zero-order chi connectivity index (χ0) is 14.2. The molecule has 1 N–H and O–H groups in total. The molecule has 1 aliphatic heterocycles. The minimum atomic E-state index is -0.609. The fourth-order valence-corrected chi connectivity index (χ4v) is 2.61. The topological polar surface area (TPSA) is 49.4 Å². The molecule has 0 aromatic heterocycles. The van der Waals surface area contributed by atoms with Crippen LogP contribution >= 0.6 is 15.9 Å². The first-order valence-electron chi connectivity index (χ1n) is 6.04. The summed E-state index contributed by atoms with van der Waals surface area (Å²) in [5.74, 6) is -0.900. The van der Waals surface area contributed by atoms with Gasteiger partial charge in [-0.2, -0.15) is 0 Å². The number of piperazine rings is 1. The number of halogens is 2. The lowest BCUT2D eigenvalue weighted by molar-refractivity contribution is -0.133. The van der Waals surface area contributed by atoms with Crippen LogP contribution in [-0.4, -0.2) is 23.9 Å². The van der Waals surface area contributed by atoms with Crippen LogP contribution in [0.2, 0.25) is 0 Å². The second-order valence-corrected chi connectivity index (χ2v) is 5.31. The van der Waals surface area contributed by atoms with Crippen LogP contribution in [0.4, 0.5) is 10.1 Å². The molecule has 6 heteroatoms. The number of nitrogens with zero attached hydrogens (tertiary/aromatic N) is 1. The Hall–Kier alpha value is -1.43. The Kier molecular flexibility index (Phi) is 3.89. The number of carbonyl (C=O) groups is 2. The Balaban J connectivity index is 2.51. The molecule has 0 bridgehead atoms. The average molecular weight is 329 g/mol. The van der Waals surface area contributed by atoms with E-state index in [1.807, 2.05) is 6.92 Å². The first-order chi connectivity index (χ1) is 8.95. The second kappa shape index (κ2) is 5.28. The monoisotopic (exact) mass is 328 g/mol. The molecule has 2 unspecified atom stereocenters. The van der Waals surface area contributed by atoms with Gasteiger partial charge in [-0.3, -0.25) is 14.5 Å². The molecule has 1 aromatic rings. The highest BCUT2D eigenvalue weighted by molar-refractivity contribution is 9.10. The zero-order valence-corrected chi connectivity index (χ0v) is 12.2. The predicted molar refractivity (Wildman–Crippen MR) is 73.3 cm³/mol. The minimum Gasteiger partial charge on any atom is -0.343 e. The van der Waals surface area contributed by atoms with Gasteiger partial charge in [0.2, 0.25) is 11.8 Å². The van der Waals surface area contributed by atoms with Gasteiger partial charge in [-0.1, -0.05) is 6.92 Å². The molecule has 1 heterocycles. The molecule has 0 saturated carbocycles. The van der Waals surface area contributed by atoms with E-state index in [1.165, 1.54) is 23.1 Å². The highest BCUT2D eigenvalue weighted by Gasteiger charge is 2.39. The van der Waals surface area contributed by atoms with Crippen LogP contribution < -0.4 is 10.2 Å². The van der Waals surface area contributed by atoms with Crippen LogP contribution in [0.15, 0.2) is 22.7 Å². The Bertz CT molecular complexity index is 535. The van der Waals surface area contributed by atoms with E-state index in [4.69, 9.17) is 0 Å². The molecule has 0 aliphatic carbocycles. The van der Waals surface area contributed by atoms with Crippen LogP contribution in [0.25, 0.3) is 0 Å². The normalized spacial score (nSPS) is 23.5. The number of benzene rings is 1. The smallest absolute Gasteiger partial charge is 0.250 e. The number of hydrogen-bond acceptors (Lipinski definition) is 2.